The van der Waals surface area contributed by atoms with Gasteiger partial charge in [-0.05, 0) is 66.8 Å². The van der Waals surface area contributed by atoms with Gasteiger partial charge in [0.25, 0.3) is 0 Å². The van der Waals surface area contributed by atoms with E-state index in [2.05, 4.69) is 35.9 Å². The van der Waals surface area contributed by atoms with E-state index in [4.69, 9.17) is 17.3 Å². The predicted molar refractivity (Wildman–Crippen MR) is 114 cm³/mol. The average molecular weight is 373 g/mol. The van der Waals surface area contributed by atoms with Crippen molar-refractivity contribution in [2.75, 3.05) is 0 Å². The zero-order valence-corrected chi connectivity index (χ0v) is 16.2. The molecule has 2 N–H and O–H groups in total. The molecule has 2 nitrogen and oxygen atoms in total. The molecule has 3 heteroatoms. The van der Waals surface area contributed by atoms with Crippen LogP contribution in [0, 0.1) is 11.8 Å². The van der Waals surface area contributed by atoms with Gasteiger partial charge in [-0.1, -0.05) is 53.9 Å². The van der Waals surface area contributed by atoms with Crippen molar-refractivity contribution < 1.29 is 0 Å². The Morgan fingerprint density at radius 3 is 2.22 bits per heavy atom. The zero-order valence-electron chi connectivity index (χ0n) is 15.4. The fourth-order valence-electron chi connectivity index (χ4n) is 2.72. The molecule has 2 aromatic carbocycles. The van der Waals surface area contributed by atoms with E-state index in [-0.39, 0.29) is 6.04 Å². The maximum absolute atomic E-state index is 5.93. The monoisotopic (exact) mass is 372 g/mol. The molecule has 0 saturated heterocycles. The summed E-state index contributed by atoms with van der Waals surface area (Å²) in [4.78, 5) is 4.44. The highest BCUT2D eigenvalue weighted by atomic mass is 35.5. The van der Waals surface area contributed by atoms with Crippen LogP contribution in [0.25, 0.3) is 16.7 Å². The van der Waals surface area contributed by atoms with Crippen LogP contribution in [0.4, 0.5) is 0 Å². The van der Waals surface area contributed by atoms with Gasteiger partial charge in [0.15, 0.2) is 0 Å². The Morgan fingerprint density at radius 1 is 0.963 bits per heavy atom. The van der Waals surface area contributed by atoms with Crippen molar-refractivity contribution >= 4 is 17.2 Å². The predicted octanol–water partition coefficient (Wildman–Crippen LogP) is 5.55. The van der Waals surface area contributed by atoms with Gasteiger partial charge >= 0.3 is 0 Å². The van der Waals surface area contributed by atoms with E-state index < -0.39 is 0 Å². The number of pyridine rings is 1. The topological polar surface area (TPSA) is 38.9 Å². The molecule has 0 fully saturated rings. The normalized spacial score (nSPS) is 12.2. The summed E-state index contributed by atoms with van der Waals surface area (Å²) in [5, 5.41) is 0.725. The van der Waals surface area contributed by atoms with Crippen molar-refractivity contribution in [3.63, 3.8) is 0 Å². The first-order chi connectivity index (χ1) is 13.0. The van der Waals surface area contributed by atoms with Crippen LogP contribution in [0.1, 0.15) is 30.7 Å². The molecule has 0 aliphatic heterocycles. The molecule has 0 unspecified atom stereocenters. The molecule has 0 aliphatic carbocycles. The minimum Gasteiger partial charge on any atom is -0.325 e. The lowest BCUT2D eigenvalue weighted by molar-refractivity contribution is 0.927. The number of rotatable bonds is 3. The molecule has 1 atom stereocenters. The molecule has 1 heterocycles. The molecule has 3 rings (SSSR count). The first-order valence-electron chi connectivity index (χ1n) is 8.80. The molecule has 134 valence electrons. The average Bonchev–Trinajstić information content (AvgIpc) is 2.67. The molecule has 0 spiro atoms. The minimum absolute atomic E-state index is 0.0476. The van der Waals surface area contributed by atoms with Gasteiger partial charge in [-0.15, -0.1) is 0 Å². The summed E-state index contributed by atoms with van der Waals surface area (Å²) in [6, 6.07) is 19.9. The lowest BCUT2D eigenvalue weighted by Crippen LogP contribution is -2.10. The summed E-state index contributed by atoms with van der Waals surface area (Å²) in [5.41, 5.74) is 12.0. The third-order valence-corrected chi connectivity index (χ3v) is 4.38. The number of nitrogens with two attached hydrogens (primary N) is 1. The van der Waals surface area contributed by atoms with Gasteiger partial charge in [-0.3, -0.25) is 0 Å². The number of allylic oxidation sites excluding steroid dienone is 1. The van der Waals surface area contributed by atoms with Crippen molar-refractivity contribution in [2.45, 2.75) is 19.9 Å². The quantitative estimate of drug-likeness (QED) is 0.612. The molecular formula is C24H21ClN2. The van der Waals surface area contributed by atoms with E-state index >= 15 is 0 Å². The van der Waals surface area contributed by atoms with Crippen LogP contribution in [-0.4, -0.2) is 11.0 Å². The van der Waals surface area contributed by atoms with E-state index in [1.807, 2.05) is 67.7 Å². The Balaban J connectivity index is 1.73. The molecule has 1 aromatic heterocycles. The second-order valence-electron chi connectivity index (χ2n) is 6.48. The van der Waals surface area contributed by atoms with E-state index in [1.54, 1.807) is 0 Å². The maximum Gasteiger partial charge on any atom is 0.113 e. The first kappa shape index (κ1) is 18.9. The third kappa shape index (κ3) is 5.31. The smallest absolute Gasteiger partial charge is 0.113 e. The van der Waals surface area contributed by atoms with E-state index in [0.717, 1.165) is 33.0 Å². The number of halogens is 1. The van der Waals surface area contributed by atoms with Crippen LogP contribution in [-0.2, 0) is 0 Å². The van der Waals surface area contributed by atoms with Gasteiger partial charge in [-0.2, -0.15) is 0 Å². The fraction of sp³-hybridized carbons (Fsp3) is 0.125. The Bertz CT molecular complexity index is 987. The van der Waals surface area contributed by atoms with Gasteiger partial charge < -0.3 is 5.73 Å². The molecule has 0 bridgehead atoms. The largest absolute Gasteiger partial charge is 0.325 e. The highest BCUT2D eigenvalue weighted by Gasteiger charge is 1.99. The minimum atomic E-state index is 0.0476. The highest BCUT2D eigenvalue weighted by Crippen LogP contribution is 2.20. The van der Waals surface area contributed by atoms with Crippen LogP contribution >= 0.6 is 11.6 Å². The Morgan fingerprint density at radius 2 is 1.63 bits per heavy atom. The van der Waals surface area contributed by atoms with Crippen molar-refractivity contribution in [3.8, 4) is 23.0 Å². The molecule has 0 amide bonds. The van der Waals surface area contributed by atoms with Gasteiger partial charge in [0.1, 0.15) is 5.69 Å². The molecule has 0 saturated carbocycles. The highest BCUT2D eigenvalue weighted by molar-refractivity contribution is 6.30. The second kappa shape index (κ2) is 8.68. The Hall–Kier alpha value is -2.86. The summed E-state index contributed by atoms with van der Waals surface area (Å²) in [7, 11) is 0. The van der Waals surface area contributed by atoms with Gasteiger partial charge in [-0.25, -0.2) is 4.98 Å². The lowest BCUT2D eigenvalue weighted by Gasteiger charge is -2.04. The number of aromatic nitrogens is 1. The molecule has 0 aliphatic rings. The second-order valence-corrected chi connectivity index (χ2v) is 6.91. The van der Waals surface area contributed by atoms with Crippen molar-refractivity contribution in [2.24, 2.45) is 5.73 Å². The van der Waals surface area contributed by atoms with Crippen molar-refractivity contribution in [3.05, 3.63) is 94.8 Å². The van der Waals surface area contributed by atoms with Gasteiger partial charge in [0, 0.05) is 28.4 Å². The SMILES string of the molecule is C/C(=C\[C@@H](C)N)c1ccc(C#Cc2ccc(-c3ccc(Cl)cc3)cn2)cc1. The Labute approximate surface area is 165 Å². The number of nitrogens with zero attached hydrogens (tertiary/aromatic N) is 1. The fourth-order valence-corrected chi connectivity index (χ4v) is 2.85. The standard InChI is InChI=1S/C24H21ClN2/c1-17(15-18(2)26)20-6-3-19(4-7-20)5-13-24-14-10-22(16-27-24)21-8-11-23(25)12-9-21/h3-4,6-12,14-16,18H,26H2,1-2H3/b17-15+/t18-/m1/s1. The van der Waals surface area contributed by atoms with E-state index in [1.165, 1.54) is 5.57 Å². The molecule has 27 heavy (non-hydrogen) atoms. The molecular weight excluding hydrogens is 352 g/mol. The number of hydrogen-bond acceptors (Lipinski definition) is 2. The van der Waals surface area contributed by atoms with Crippen LogP contribution in [0.3, 0.4) is 0 Å². The number of benzene rings is 2. The lowest BCUT2D eigenvalue weighted by atomic mass is 10.0. The third-order valence-electron chi connectivity index (χ3n) is 4.13. The van der Waals surface area contributed by atoms with Crippen LogP contribution < -0.4 is 5.73 Å². The van der Waals surface area contributed by atoms with E-state index in [9.17, 15) is 0 Å². The summed E-state index contributed by atoms with van der Waals surface area (Å²) in [6.45, 7) is 4.03. The Kier molecular flexibility index (Phi) is 6.08. The van der Waals surface area contributed by atoms with Crippen LogP contribution in [0.2, 0.25) is 5.02 Å². The van der Waals surface area contributed by atoms with Crippen molar-refractivity contribution in [1.82, 2.24) is 4.98 Å². The number of hydrogen-bond donors (Lipinski definition) is 1. The van der Waals surface area contributed by atoms with Crippen LogP contribution in [0.5, 0.6) is 0 Å². The molecule has 3 aromatic rings. The first-order valence-corrected chi connectivity index (χ1v) is 9.17. The zero-order chi connectivity index (χ0) is 19.2. The summed E-state index contributed by atoms with van der Waals surface area (Å²) >= 11 is 5.93. The van der Waals surface area contributed by atoms with Gasteiger partial charge in [0.05, 0.1) is 0 Å². The van der Waals surface area contributed by atoms with E-state index in [0.29, 0.717) is 0 Å². The maximum atomic E-state index is 5.93. The summed E-state index contributed by atoms with van der Waals surface area (Å²) in [6.07, 6.45) is 3.88. The summed E-state index contributed by atoms with van der Waals surface area (Å²) in [5.74, 6) is 6.27. The van der Waals surface area contributed by atoms with Crippen molar-refractivity contribution in [1.29, 1.82) is 0 Å². The molecule has 0 radical (unpaired) electrons. The van der Waals surface area contributed by atoms with Crippen LogP contribution in [0.15, 0.2) is 72.9 Å². The van der Waals surface area contributed by atoms with Gasteiger partial charge in [0.2, 0.25) is 0 Å². The summed E-state index contributed by atoms with van der Waals surface area (Å²) < 4.78 is 0.